The molecule has 0 amide bonds. The highest BCUT2D eigenvalue weighted by Crippen LogP contribution is 2.36. The summed E-state index contributed by atoms with van der Waals surface area (Å²) in [7, 11) is 0. The number of hydrogen-bond acceptors (Lipinski definition) is 3. The van der Waals surface area contributed by atoms with E-state index in [9.17, 15) is 0 Å². The molecule has 1 N–H and O–H groups in total. The molecule has 15 heavy (non-hydrogen) atoms. The predicted octanol–water partition coefficient (Wildman–Crippen LogP) is 2.90. The van der Waals surface area contributed by atoms with E-state index in [0.717, 1.165) is 24.2 Å². The van der Waals surface area contributed by atoms with Crippen molar-refractivity contribution in [2.24, 2.45) is 11.8 Å². The number of nitrogens with one attached hydrogen (secondary N) is 1. The van der Waals surface area contributed by atoms with Crippen LogP contribution in [0.15, 0.2) is 6.07 Å². The molecule has 82 valence electrons. The molecule has 0 aromatic carbocycles. The Morgan fingerprint density at radius 3 is 2.87 bits per heavy atom. The van der Waals surface area contributed by atoms with E-state index in [1.54, 1.807) is 6.07 Å². The number of anilines is 1. The van der Waals surface area contributed by atoms with Gasteiger partial charge in [0.1, 0.15) is 16.8 Å². The van der Waals surface area contributed by atoms with Gasteiger partial charge in [-0.25, -0.2) is 9.97 Å². The Labute approximate surface area is 95.3 Å². The molecule has 1 aliphatic rings. The third-order valence-corrected chi connectivity index (χ3v) is 3.03. The van der Waals surface area contributed by atoms with Gasteiger partial charge < -0.3 is 5.32 Å². The molecule has 2 rings (SSSR count). The van der Waals surface area contributed by atoms with Crippen LogP contribution in [0.25, 0.3) is 0 Å². The summed E-state index contributed by atoms with van der Waals surface area (Å²) >= 11 is 5.85. The maximum atomic E-state index is 5.85. The largest absolute Gasteiger partial charge is 0.370 e. The van der Waals surface area contributed by atoms with Gasteiger partial charge in [0.15, 0.2) is 0 Å². The van der Waals surface area contributed by atoms with Crippen LogP contribution >= 0.6 is 11.6 Å². The van der Waals surface area contributed by atoms with E-state index in [1.165, 1.54) is 12.8 Å². The molecule has 1 aromatic rings. The first-order valence-electron chi connectivity index (χ1n) is 5.40. The number of halogens is 1. The van der Waals surface area contributed by atoms with Crippen LogP contribution in [0.4, 0.5) is 5.82 Å². The highest BCUT2D eigenvalue weighted by atomic mass is 35.5. The minimum atomic E-state index is 0.504. The summed E-state index contributed by atoms with van der Waals surface area (Å²) in [4.78, 5) is 8.30. The Morgan fingerprint density at radius 2 is 2.27 bits per heavy atom. The van der Waals surface area contributed by atoms with Crippen LogP contribution in [0.2, 0.25) is 5.15 Å². The van der Waals surface area contributed by atoms with Gasteiger partial charge in [-0.05, 0) is 31.6 Å². The second kappa shape index (κ2) is 4.35. The molecule has 1 aromatic heterocycles. The second-order valence-corrected chi connectivity index (χ2v) is 4.71. The van der Waals surface area contributed by atoms with Crippen molar-refractivity contribution >= 4 is 17.4 Å². The van der Waals surface area contributed by atoms with Crippen LogP contribution in [0, 0.1) is 18.8 Å². The first kappa shape index (κ1) is 10.7. The third kappa shape index (κ3) is 3.06. The van der Waals surface area contributed by atoms with E-state index in [2.05, 4.69) is 22.2 Å². The molecule has 0 aliphatic heterocycles. The summed E-state index contributed by atoms with van der Waals surface area (Å²) in [5, 5.41) is 3.82. The monoisotopic (exact) mass is 225 g/mol. The summed E-state index contributed by atoms with van der Waals surface area (Å²) in [6.07, 6.45) is 2.76. The summed E-state index contributed by atoms with van der Waals surface area (Å²) in [6.45, 7) is 5.10. The van der Waals surface area contributed by atoms with Crippen LogP contribution in [0.1, 0.15) is 25.6 Å². The number of aryl methyl sites for hydroxylation is 1. The molecule has 0 spiro atoms. The van der Waals surface area contributed by atoms with Gasteiger partial charge in [0.05, 0.1) is 0 Å². The number of aromatic nitrogens is 2. The van der Waals surface area contributed by atoms with Crippen molar-refractivity contribution in [1.29, 1.82) is 0 Å². The topological polar surface area (TPSA) is 37.8 Å². The average Bonchev–Trinajstić information content (AvgIpc) is 2.95. The van der Waals surface area contributed by atoms with Crippen LogP contribution in [-0.2, 0) is 0 Å². The zero-order valence-electron chi connectivity index (χ0n) is 9.13. The first-order chi connectivity index (χ1) is 7.15. The Bertz CT molecular complexity index is 329. The van der Waals surface area contributed by atoms with Crippen molar-refractivity contribution < 1.29 is 0 Å². The van der Waals surface area contributed by atoms with E-state index in [1.807, 2.05) is 6.92 Å². The number of nitrogens with zero attached hydrogens (tertiary/aromatic N) is 2. The van der Waals surface area contributed by atoms with Crippen LogP contribution in [-0.4, -0.2) is 16.5 Å². The molecular weight excluding hydrogens is 210 g/mol. The molecule has 0 saturated heterocycles. The molecule has 0 bridgehead atoms. The zero-order chi connectivity index (χ0) is 10.8. The van der Waals surface area contributed by atoms with Gasteiger partial charge >= 0.3 is 0 Å². The zero-order valence-corrected chi connectivity index (χ0v) is 9.88. The van der Waals surface area contributed by atoms with E-state index in [-0.39, 0.29) is 0 Å². The maximum Gasteiger partial charge on any atom is 0.134 e. The van der Waals surface area contributed by atoms with Gasteiger partial charge in [-0.15, -0.1) is 0 Å². The standard InChI is InChI=1S/C11H16ClN3/c1-7(9-3-4-9)6-13-11-5-10(12)14-8(2)15-11/h5,7,9H,3-4,6H2,1-2H3,(H,13,14,15). The van der Waals surface area contributed by atoms with Gasteiger partial charge in [0.2, 0.25) is 0 Å². The molecule has 0 radical (unpaired) electrons. The Kier molecular flexibility index (Phi) is 3.10. The van der Waals surface area contributed by atoms with Crippen molar-refractivity contribution in [3.05, 3.63) is 17.0 Å². The lowest BCUT2D eigenvalue weighted by Crippen LogP contribution is -2.14. The van der Waals surface area contributed by atoms with Crippen molar-refractivity contribution in [2.75, 3.05) is 11.9 Å². The Morgan fingerprint density at radius 1 is 1.53 bits per heavy atom. The summed E-state index contributed by atoms with van der Waals surface area (Å²) < 4.78 is 0. The Hall–Kier alpha value is -0.830. The normalized spacial score (nSPS) is 17.5. The SMILES string of the molecule is Cc1nc(Cl)cc(NCC(C)C2CC2)n1. The van der Waals surface area contributed by atoms with E-state index < -0.39 is 0 Å². The maximum absolute atomic E-state index is 5.85. The van der Waals surface area contributed by atoms with Crippen molar-refractivity contribution in [2.45, 2.75) is 26.7 Å². The smallest absolute Gasteiger partial charge is 0.134 e. The van der Waals surface area contributed by atoms with Gasteiger partial charge in [0, 0.05) is 12.6 Å². The van der Waals surface area contributed by atoms with E-state index in [0.29, 0.717) is 11.0 Å². The summed E-state index contributed by atoms with van der Waals surface area (Å²) in [6, 6.07) is 1.77. The van der Waals surface area contributed by atoms with Gasteiger partial charge in [-0.3, -0.25) is 0 Å². The van der Waals surface area contributed by atoms with E-state index >= 15 is 0 Å². The summed E-state index contributed by atoms with van der Waals surface area (Å²) in [5.74, 6) is 3.18. The second-order valence-electron chi connectivity index (χ2n) is 4.32. The fourth-order valence-corrected chi connectivity index (χ4v) is 1.94. The Balaban J connectivity index is 1.91. The molecule has 1 heterocycles. The van der Waals surface area contributed by atoms with Crippen LogP contribution in [0.5, 0.6) is 0 Å². The van der Waals surface area contributed by atoms with Crippen LogP contribution in [0.3, 0.4) is 0 Å². The quantitative estimate of drug-likeness (QED) is 0.801. The van der Waals surface area contributed by atoms with Crippen LogP contribution < -0.4 is 5.32 Å². The third-order valence-electron chi connectivity index (χ3n) is 2.84. The van der Waals surface area contributed by atoms with Gasteiger partial charge in [-0.1, -0.05) is 18.5 Å². The average molecular weight is 226 g/mol. The van der Waals surface area contributed by atoms with Gasteiger partial charge in [0.25, 0.3) is 0 Å². The lowest BCUT2D eigenvalue weighted by Gasteiger charge is -2.12. The number of rotatable bonds is 4. The van der Waals surface area contributed by atoms with Crippen molar-refractivity contribution in [3.8, 4) is 0 Å². The highest BCUT2D eigenvalue weighted by Gasteiger charge is 2.27. The predicted molar refractivity (Wildman–Crippen MR) is 62.2 cm³/mol. The fraction of sp³-hybridized carbons (Fsp3) is 0.636. The molecule has 4 heteroatoms. The molecule has 1 fully saturated rings. The van der Waals surface area contributed by atoms with Crippen molar-refractivity contribution in [3.63, 3.8) is 0 Å². The molecule has 1 atom stereocenters. The van der Waals surface area contributed by atoms with Gasteiger partial charge in [-0.2, -0.15) is 0 Å². The lowest BCUT2D eigenvalue weighted by molar-refractivity contribution is 0.536. The minimum absolute atomic E-state index is 0.504. The molecule has 1 saturated carbocycles. The highest BCUT2D eigenvalue weighted by molar-refractivity contribution is 6.29. The van der Waals surface area contributed by atoms with Crippen molar-refractivity contribution in [1.82, 2.24) is 9.97 Å². The molecule has 1 aliphatic carbocycles. The molecular formula is C11H16ClN3. The minimum Gasteiger partial charge on any atom is -0.370 e. The molecule has 1 unspecified atom stereocenters. The first-order valence-corrected chi connectivity index (χ1v) is 5.78. The number of hydrogen-bond donors (Lipinski definition) is 1. The fourth-order valence-electron chi connectivity index (χ4n) is 1.72. The molecule has 3 nitrogen and oxygen atoms in total. The lowest BCUT2D eigenvalue weighted by atomic mass is 10.1. The van der Waals surface area contributed by atoms with E-state index in [4.69, 9.17) is 11.6 Å². The summed E-state index contributed by atoms with van der Waals surface area (Å²) in [5.41, 5.74) is 0.